The molecule has 0 radical (unpaired) electrons. The number of rotatable bonds is 2. The van der Waals surface area contributed by atoms with Crippen LogP contribution in [0.5, 0.6) is 11.5 Å². The van der Waals surface area contributed by atoms with Crippen molar-refractivity contribution in [2.24, 2.45) is 12.1 Å². The fourth-order valence-corrected chi connectivity index (χ4v) is 4.06. The number of ether oxygens (including phenoxy) is 2. The van der Waals surface area contributed by atoms with Gasteiger partial charge in [-0.1, -0.05) is 11.6 Å². The highest BCUT2D eigenvalue weighted by atomic mass is 35.5. The molecule has 0 fully saturated rings. The fraction of sp³-hybridized carbons (Fsp3) is 0.300. The molecule has 0 unspecified atom stereocenters. The summed E-state index contributed by atoms with van der Waals surface area (Å²) >= 11 is 6.55. The Bertz CT molecular complexity index is 1170. The summed E-state index contributed by atoms with van der Waals surface area (Å²) in [5, 5.41) is 11.4. The van der Waals surface area contributed by atoms with Crippen LogP contribution < -0.4 is 9.47 Å². The molecular weight excluding hydrogens is 394 g/mol. The molecule has 148 valence electrons. The Morgan fingerprint density at radius 1 is 1.21 bits per heavy atom. The molecule has 2 aliphatic heterocycles. The van der Waals surface area contributed by atoms with Gasteiger partial charge in [-0.15, -0.1) is 0 Å². The number of carbonyl (C=O) groups excluding carboxylic acids is 1. The molecule has 3 aromatic rings. The number of aromatic nitrogens is 3. The fourth-order valence-electron chi connectivity index (χ4n) is 3.79. The van der Waals surface area contributed by atoms with Gasteiger partial charge in [-0.25, -0.2) is 9.99 Å². The molecule has 5 rings (SSSR count). The van der Waals surface area contributed by atoms with E-state index in [1.54, 1.807) is 10.9 Å². The highest BCUT2D eigenvalue weighted by Gasteiger charge is 2.34. The van der Waals surface area contributed by atoms with Crippen molar-refractivity contribution in [1.29, 1.82) is 0 Å². The largest absolute Gasteiger partial charge is 0.486 e. The molecular formula is C20H18ClN5O3. The zero-order chi connectivity index (χ0) is 20.1. The van der Waals surface area contributed by atoms with Gasteiger partial charge in [-0.05, 0) is 18.2 Å². The van der Waals surface area contributed by atoms with Crippen LogP contribution in [0.3, 0.4) is 0 Å². The van der Waals surface area contributed by atoms with E-state index >= 15 is 0 Å². The summed E-state index contributed by atoms with van der Waals surface area (Å²) < 4.78 is 13.1. The molecule has 0 bridgehead atoms. The Morgan fingerprint density at radius 2 is 1.97 bits per heavy atom. The lowest BCUT2D eigenvalue weighted by Gasteiger charge is -2.22. The quantitative estimate of drug-likeness (QED) is 0.605. The summed E-state index contributed by atoms with van der Waals surface area (Å²) in [6.45, 7) is 2.51. The van der Waals surface area contributed by atoms with Gasteiger partial charge in [-0.3, -0.25) is 9.48 Å². The van der Waals surface area contributed by atoms with E-state index in [4.69, 9.17) is 21.1 Å². The zero-order valence-electron chi connectivity index (χ0n) is 15.9. The van der Waals surface area contributed by atoms with E-state index in [0.717, 1.165) is 22.4 Å². The molecule has 1 aromatic carbocycles. The first kappa shape index (κ1) is 17.9. The van der Waals surface area contributed by atoms with E-state index in [1.165, 1.54) is 11.9 Å². The van der Waals surface area contributed by atoms with Gasteiger partial charge in [0.1, 0.15) is 18.4 Å². The SMILES string of the molecule is CC(=O)N1N=C(c2ccnn2C)C[C@H]1c1cc2cc3c(cc2nc1Cl)OCCO3. The lowest BCUT2D eigenvalue weighted by molar-refractivity contribution is -0.130. The van der Waals surface area contributed by atoms with Crippen LogP contribution >= 0.6 is 11.6 Å². The molecule has 1 atom stereocenters. The van der Waals surface area contributed by atoms with Crippen LogP contribution in [0.15, 0.2) is 35.6 Å². The van der Waals surface area contributed by atoms with Crippen molar-refractivity contribution in [1.82, 2.24) is 19.8 Å². The van der Waals surface area contributed by atoms with E-state index < -0.39 is 0 Å². The third-order valence-electron chi connectivity index (χ3n) is 5.17. The maximum absolute atomic E-state index is 12.3. The molecule has 0 saturated heterocycles. The predicted octanol–water partition coefficient (Wildman–Crippen LogP) is 3.09. The van der Waals surface area contributed by atoms with Crippen molar-refractivity contribution in [3.05, 3.63) is 46.9 Å². The summed E-state index contributed by atoms with van der Waals surface area (Å²) in [7, 11) is 1.85. The Labute approximate surface area is 171 Å². The molecule has 0 N–H and O–H groups in total. The Kier molecular flexibility index (Phi) is 4.16. The minimum Gasteiger partial charge on any atom is -0.486 e. The Morgan fingerprint density at radius 3 is 2.66 bits per heavy atom. The number of benzene rings is 1. The number of nitrogens with zero attached hydrogens (tertiary/aromatic N) is 5. The van der Waals surface area contributed by atoms with Crippen molar-refractivity contribution in [3.63, 3.8) is 0 Å². The van der Waals surface area contributed by atoms with Crippen LogP contribution in [0.4, 0.5) is 0 Å². The predicted molar refractivity (Wildman–Crippen MR) is 107 cm³/mol. The maximum Gasteiger partial charge on any atom is 0.240 e. The van der Waals surface area contributed by atoms with Crippen LogP contribution in [-0.4, -0.2) is 44.6 Å². The highest BCUT2D eigenvalue weighted by Crippen LogP contribution is 2.40. The molecule has 0 aliphatic carbocycles. The number of hydrazone groups is 1. The third kappa shape index (κ3) is 3.00. The number of fused-ring (bicyclic) bond motifs is 2. The van der Waals surface area contributed by atoms with E-state index in [0.29, 0.717) is 41.8 Å². The molecule has 0 saturated carbocycles. The van der Waals surface area contributed by atoms with Gasteiger partial charge >= 0.3 is 0 Å². The second-order valence-corrected chi connectivity index (χ2v) is 7.39. The average molecular weight is 412 g/mol. The zero-order valence-corrected chi connectivity index (χ0v) is 16.7. The number of carbonyl (C=O) groups is 1. The topological polar surface area (TPSA) is 81.8 Å². The molecule has 8 nitrogen and oxygen atoms in total. The van der Waals surface area contributed by atoms with Crippen molar-refractivity contribution in [3.8, 4) is 11.5 Å². The van der Waals surface area contributed by atoms with Gasteiger partial charge in [0.25, 0.3) is 0 Å². The first-order valence-electron chi connectivity index (χ1n) is 9.26. The number of amides is 1. The number of aryl methyl sites for hydroxylation is 1. The van der Waals surface area contributed by atoms with Gasteiger partial charge in [0.05, 0.1) is 23.0 Å². The van der Waals surface area contributed by atoms with Crippen molar-refractivity contribution < 1.29 is 14.3 Å². The molecule has 2 aromatic heterocycles. The molecule has 1 amide bonds. The summed E-state index contributed by atoms with van der Waals surface area (Å²) in [6, 6.07) is 7.21. The monoisotopic (exact) mass is 411 g/mol. The number of hydrogen-bond acceptors (Lipinski definition) is 6. The van der Waals surface area contributed by atoms with Crippen molar-refractivity contribution in [2.45, 2.75) is 19.4 Å². The first-order chi connectivity index (χ1) is 14.0. The van der Waals surface area contributed by atoms with Crippen LogP contribution in [0.2, 0.25) is 5.15 Å². The number of pyridine rings is 1. The summed E-state index contributed by atoms with van der Waals surface area (Å²) in [6.07, 6.45) is 2.23. The standard InChI is InChI=1S/C20H18ClN5O3/c1-11(27)26-17(9-15(24-26)16-3-4-22-25(16)2)13-7-12-8-18-19(29-6-5-28-18)10-14(12)23-20(13)21/h3-4,7-8,10,17H,5-6,9H2,1-2H3/t17-/m0/s1. The summed E-state index contributed by atoms with van der Waals surface area (Å²) in [5.41, 5.74) is 3.10. The van der Waals surface area contributed by atoms with Crippen molar-refractivity contribution >= 4 is 34.1 Å². The van der Waals surface area contributed by atoms with Crippen LogP contribution in [0, 0.1) is 0 Å². The highest BCUT2D eigenvalue weighted by molar-refractivity contribution is 6.30. The van der Waals surface area contributed by atoms with Gasteiger partial charge in [0.15, 0.2) is 11.5 Å². The van der Waals surface area contributed by atoms with Crippen LogP contribution in [0.1, 0.15) is 30.6 Å². The summed E-state index contributed by atoms with van der Waals surface area (Å²) in [4.78, 5) is 16.8. The lowest BCUT2D eigenvalue weighted by atomic mass is 10.00. The molecule has 29 heavy (non-hydrogen) atoms. The van der Waals surface area contributed by atoms with Crippen LogP contribution in [0.25, 0.3) is 10.9 Å². The lowest BCUT2D eigenvalue weighted by Crippen LogP contribution is -2.24. The maximum atomic E-state index is 12.3. The van der Waals surface area contributed by atoms with Gasteiger partial charge in [-0.2, -0.15) is 10.2 Å². The van der Waals surface area contributed by atoms with E-state index in [-0.39, 0.29) is 11.9 Å². The van der Waals surface area contributed by atoms with E-state index in [9.17, 15) is 4.79 Å². The summed E-state index contributed by atoms with van der Waals surface area (Å²) in [5.74, 6) is 1.18. The van der Waals surface area contributed by atoms with Gasteiger partial charge in [0, 0.05) is 43.6 Å². The number of halogens is 1. The second kappa shape index (κ2) is 6.73. The van der Waals surface area contributed by atoms with Gasteiger partial charge in [0.2, 0.25) is 5.91 Å². The second-order valence-electron chi connectivity index (χ2n) is 7.03. The third-order valence-corrected chi connectivity index (χ3v) is 5.47. The van der Waals surface area contributed by atoms with Crippen LogP contribution in [-0.2, 0) is 11.8 Å². The minimum atomic E-state index is -0.338. The van der Waals surface area contributed by atoms with Crippen molar-refractivity contribution in [2.75, 3.05) is 13.2 Å². The van der Waals surface area contributed by atoms with E-state index in [2.05, 4.69) is 15.2 Å². The van der Waals surface area contributed by atoms with Gasteiger partial charge < -0.3 is 9.47 Å². The minimum absolute atomic E-state index is 0.162. The Balaban J connectivity index is 1.58. The molecule has 0 spiro atoms. The average Bonchev–Trinajstić information content (AvgIpc) is 3.32. The number of hydrogen-bond donors (Lipinski definition) is 0. The molecule has 2 aliphatic rings. The Hall–Kier alpha value is -3.13. The van der Waals surface area contributed by atoms with E-state index in [1.807, 2.05) is 31.3 Å². The smallest absolute Gasteiger partial charge is 0.240 e. The first-order valence-corrected chi connectivity index (χ1v) is 9.64. The molecule has 9 heteroatoms. The molecule has 4 heterocycles. The normalized spacial score (nSPS) is 18.2.